The van der Waals surface area contributed by atoms with Gasteiger partial charge in [-0.05, 0) is 45.6 Å². The summed E-state index contributed by atoms with van der Waals surface area (Å²) in [5.41, 5.74) is 1.39. The van der Waals surface area contributed by atoms with E-state index in [9.17, 15) is 0 Å². The number of likely N-dealkylation sites (N-methyl/N-ethyl adjacent to an activating group) is 2. The van der Waals surface area contributed by atoms with Gasteiger partial charge < -0.3 is 15.5 Å². The Hall–Kier alpha value is -0.900. The fraction of sp³-hybridized carbons (Fsp3) is 0.667. The minimum Gasteiger partial charge on any atom is -0.355 e. The highest BCUT2D eigenvalue weighted by Crippen LogP contribution is 2.24. The normalized spacial score (nSPS) is 23.2. The maximum Gasteiger partial charge on any atom is 0.191 e. The summed E-state index contributed by atoms with van der Waals surface area (Å²) < 4.78 is 0. The predicted octanol–water partition coefficient (Wildman–Crippen LogP) is 1.85. The minimum absolute atomic E-state index is 0. The van der Waals surface area contributed by atoms with Gasteiger partial charge in [-0.3, -0.25) is 14.8 Å². The summed E-state index contributed by atoms with van der Waals surface area (Å²) >= 11 is 0. The second-order valence-electron chi connectivity index (χ2n) is 7.90. The van der Waals surface area contributed by atoms with Gasteiger partial charge in [-0.2, -0.15) is 0 Å². The molecule has 1 aromatic rings. The summed E-state index contributed by atoms with van der Waals surface area (Å²) in [6, 6.07) is 11.8. The number of rotatable bonds is 6. The number of guanidine groups is 1. The van der Waals surface area contributed by atoms with E-state index in [4.69, 9.17) is 0 Å². The second kappa shape index (κ2) is 11.9. The summed E-state index contributed by atoms with van der Waals surface area (Å²) in [4.78, 5) is 11.9. The van der Waals surface area contributed by atoms with Crippen molar-refractivity contribution in [1.82, 2.24) is 25.3 Å². The van der Waals surface area contributed by atoms with Crippen molar-refractivity contribution in [2.24, 2.45) is 4.99 Å². The molecule has 2 N–H and O–H groups in total. The Morgan fingerprint density at radius 1 is 1.07 bits per heavy atom. The van der Waals surface area contributed by atoms with E-state index >= 15 is 0 Å². The molecule has 2 aliphatic rings. The van der Waals surface area contributed by atoms with Crippen LogP contribution in [-0.2, 0) is 0 Å². The van der Waals surface area contributed by atoms with Gasteiger partial charge >= 0.3 is 0 Å². The lowest BCUT2D eigenvalue weighted by atomic mass is 10.1. The third-order valence-electron chi connectivity index (χ3n) is 5.94. The van der Waals surface area contributed by atoms with Gasteiger partial charge in [0.1, 0.15) is 0 Å². The number of aliphatic imine (C=N–C) groups is 1. The summed E-state index contributed by atoms with van der Waals surface area (Å²) in [6.45, 7) is 7.54. The van der Waals surface area contributed by atoms with Crippen molar-refractivity contribution in [2.75, 3.05) is 67.0 Å². The molecule has 0 bridgehead atoms. The Bertz CT molecular complexity index is 590. The predicted molar refractivity (Wildman–Crippen MR) is 129 cm³/mol. The monoisotopic (exact) mass is 500 g/mol. The van der Waals surface area contributed by atoms with E-state index in [2.05, 4.69) is 74.8 Å². The molecule has 0 saturated carbocycles. The number of hydrogen-bond acceptors (Lipinski definition) is 4. The van der Waals surface area contributed by atoms with Crippen LogP contribution in [0.4, 0.5) is 0 Å². The van der Waals surface area contributed by atoms with Crippen molar-refractivity contribution in [2.45, 2.75) is 24.9 Å². The summed E-state index contributed by atoms with van der Waals surface area (Å²) in [6.07, 6.45) is 2.61. The second-order valence-corrected chi connectivity index (χ2v) is 7.90. The van der Waals surface area contributed by atoms with Gasteiger partial charge in [0, 0.05) is 45.8 Å². The molecule has 2 atom stereocenters. The number of nitrogens with one attached hydrogen (secondary N) is 2. The fourth-order valence-electron chi connectivity index (χ4n) is 4.14. The summed E-state index contributed by atoms with van der Waals surface area (Å²) in [5.74, 6) is 0.900. The van der Waals surface area contributed by atoms with E-state index in [0.29, 0.717) is 12.1 Å². The maximum atomic E-state index is 4.45. The van der Waals surface area contributed by atoms with Crippen LogP contribution in [0.15, 0.2) is 35.3 Å². The molecule has 0 spiro atoms. The first-order valence-corrected chi connectivity index (χ1v) is 10.3. The molecule has 0 aromatic heterocycles. The zero-order chi connectivity index (χ0) is 19.1. The first-order chi connectivity index (χ1) is 13.2. The Morgan fingerprint density at radius 3 is 2.46 bits per heavy atom. The lowest BCUT2D eigenvalue weighted by Crippen LogP contribution is -2.55. The van der Waals surface area contributed by atoms with E-state index in [0.717, 1.165) is 38.7 Å². The lowest BCUT2D eigenvalue weighted by molar-refractivity contribution is 0.116. The third kappa shape index (κ3) is 6.57. The van der Waals surface area contributed by atoms with Gasteiger partial charge in [-0.25, -0.2) is 0 Å². The Balaban J connectivity index is 0.00000280. The molecule has 0 amide bonds. The van der Waals surface area contributed by atoms with Crippen molar-refractivity contribution >= 4 is 29.9 Å². The molecule has 2 heterocycles. The van der Waals surface area contributed by atoms with Gasteiger partial charge in [0.15, 0.2) is 5.96 Å². The van der Waals surface area contributed by atoms with Crippen LogP contribution < -0.4 is 10.6 Å². The van der Waals surface area contributed by atoms with E-state index in [-0.39, 0.29) is 24.0 Å². The number of likely N-dealkylation sites (tertiary alicyclic amines) is 1. The molecule has 2 aliphatic heterocycles. The molecule has 7 heteroatoms. The zero-order valence-electron chi connectivity index (χ0n) is 17.6. The standard InChI is InChI=1S/C21H36N6.HI/c1-22-21(23-15-19-17-25(2)13-14-26(19)3)24-16-20(27-11-7-8-12-27)18-9-5-4-6-10-18;/h4-6,9-10,19-20H,7-8,11-17H2,1-3H3,(H2,22,23,24);1H. The van der Waals surface area contributed by atoms with Crippen LogP contribution >= 0.6 is 24.0 Å². The van der Waals surface area contributed by atoms with Crippen molar-refractivity contribution in [1.29, 1.82) is 0 Å². The van der Waals surface area contributed by atoms with Crippen molar-refractivity contribution < 1.29 is 0 Å². The van der Waals surface area contributed by atoms with Crippen molar-refractivity contribution in [3.63, 3.8) is 0 Å². The first kappa shape index (κ1) is 23.4. The zero-order valence-corrected chi connectivity index (χ0v) is 19.9. The maximum absolute atomic E-state index is 4.45. The Kier molecular flexibility index (Phi) is 9.98. The molecule has 158 valence electrons. The van der Waals surface area contributed by atoms with E-state index in [1.807, 2.05) is 7.05 Å². The van der Waals surface area contributed by atoms with Gasteiger partial charge in [0.2, 0.25) is 0 Å². The SMILES string of the molecule is CN=C(NCC1CN(C)CCN1C)NCC(c1ccccc1)N1CCCC1.I. The minimum atomic E-state index is 0. The molecule has 1 aromatic carbocycles. The van der Waals surface area contributed by atoms with E-state index in [1.165, 1.54) is 31.5 Å². The summed E-state index contributed by atoms with van der Waals surface area (Å²) in [5, 5.41) is 7.12. The van der Waals surface area contributed by atoms with Gasteiger partial charge in [0.25, 0.3) is 0 Å². The highest BCUT2D eigenvalue weighted by molar-refractivity contribution is 14.0. The molecular formula is C21H37IN6. The van der Waals surface area contributed by atoms with Crippen LogP contribution in [0.2, 0.25) is 0 Å². The van der Waals surface area contributed by atoms with Crippen LogP contribution in [0.3, 0.4) is 0 Å². The Labute approximate surface area is 187 Å². The van der Waals surface area contributed by atoms with Crippen LogP contribution in [0.25, 0.3) is 0 Å². The van der Waals surface area contributed by atoms with Gasteiger partial charge in [0.05, 0.1) is 6.04 Å². The quantitative estimate of drug-likeness (QED) is 0.355. The molecule has 6 nitrogen and oxygen atoms in total. The lowest BCUT2D eigenvalue weighted by Gasteiger charge is -2.38. The van der Waals surface area contributed by atoms with Crippen LogP contribution in [0, 0.1) is 0 Å². The number of hydrogen-bond donors (Lipinski definition) is 2. The number of halogens is 1. The molecule has 2 saturated heterocycles. The largest absolute Gasteiger partial charge is 0.355 e. The van der Waals surface area contributed by atoms with E-state index in [1.54, 1.807) is 0 Å². The highest BCUT2D eigenvalue weighted by atomic mass is 127. The fourth-order valence-corrected chi connectivity index (χ4v) is 4.14. The molecule has 3 rings (SSSR count). The number of nitrogens with zero attached hydrogens (tertiary/aromatic N) is 4. The highest BCUT2D eigenvalue weighted by Gasteiger charge is 2.24. The van der Waals surface area contributed by atoms with E-state index < -0.39 is 0 Å². The molecule has 0 aliphatic carbocycles. The van der Waals surface area contributed by atoms with Gasteiger partial charge in [-0.15, -0.1) is 24.0 Å². The third-order valence-corrected chi connectivity index (χ3v) is 5.94. The van der Waals surface area contributed by atoms with Crippen LogP contribution in [0.5, 0.6) is 0 Å². The van der Waals surface area contributed by atoms with Crippen LogP contribution in [-0.4, -0.2) is 93.7 Å². The summed E-state index contributed by atoms with van der Waals surface area (Å²) in [7, 11) is 6.28. The number of piperazine rings is 1. The average Bonchev–Trinajstić information content (AvgIpc) is 3.22. The van der Waals surface area contributed by atoms with Crippen LogP contribution in [0.1, 0.15) is 24.4 Å². The topological polar surface area (TPSA) is 46.1 Å². The Morgan fingerprint density at radius 2 is 1.79 bits per heavy atom. The molecule has 28 heavy (non-hydrogen) atoms. The van der Waals surface area contributed by atoms with Crippen molar-refractivity contribution in [3.05, 3.63) is 35.9 Å². The molecule has 2 unspecified atom stereocenters. The molecule has 0 radical (unpaired) electrons. The van der Waals surface area contributed by atoms with Gasteiger partial charge in [-0.1, -0.05) is 30.3 Å². The average molecular weight is 500 g/mol. The number of benzene rings is 1. The van der Waals surface area contributed by atoms with Crippen molar-refractivity contribution in [3.8, 4) is 0 Å². The molecular weight excluding hydrogens is 463 g/mol. The smallest absolute Gasteiger partial charge is 0.191 e. The first-order valence-electron chi connectivity index (χ1n) is 10.3. The molecule has 2 fully saturated rings.